The van der Waals surface area contributed by atoms with Crippen molar-refractivity contribution in [3.8, 4) is 0 Å². The number of carbonyl (C=O) groups excluding carboxylic acids is 1. The number of ether oxygens (including phenoxy) is 1. The molecule has 0 aromatic rings. The van der Waals surface area contributed by atoms with E-state index in [1.54, 1.807) is 0 Å². The first kappa shape index (κ1) is 22.4. The summed E-state index contributed by atoms with van der Waals surface area (Å²) in [6, 6.07) is 0. The Morgan fingerprint density at radius 2 is 1.71 bits per heavy atom. The first-order valence-electron chi connectivity index (χ1n) is 9.09. The number of carbonyl (C=O) groups is 1. The van der Waals surface area contributed by atoms with Crippen molar-refractivity contribution in [1.82, 2.24) is 0 Å². The van der Waals surface area contributed by atoms with E-state index in [4.69, 9.17) is 4.74 Å². The number of rotatable bonds is 13. The molecule has 0 N–H and O–H groups in total. The molecule has 0 aliphatic carbocycles. The SMILES string of the molecule is C=C(C)C(=C)CCC(=C)C(C)(CC=CCCCCCC)OC(C)=O. The maximum Gasteiger partial charge on any atom is 0.303 e. The van der Waals surface area contributed by atoms with Crippen molar-refractivity contribution in [2.75, 3.05) is 0 Å². The average Bonchev–Trinajstić information content (AvgIpc) is 2.50. The minimum atomic E-state index is -0.652. The van der Waals surface area contributed by atoms with Crippen LogP contribution in [0.3, 0.4) is 0 Å². The molecule has 1 unspecified atom stereocenters. The minimum Gasteiger partial charge on any atom is -0.455 e. The lowest BCUT2D eigenvalue weighted by Gasteiger charge is -2.30. The third-order valence-corrected chi connectivity index (χ3v) is 4.35. The van der Waals surface area contributed by atoms with E-state index >= 15 is 0 Å². The molecular weight excluding hydrogens is 296 g/mol. The van der Waals surface area contributed by atoms with E-state index in [0.29, 0.717) is 6.42 Å². The molecular formula is C22H36O2. The molecule has 2 nitrogen and oxygen atoms in total. The largest absolute Gasteiger partial charge is 0.455 e. The van der Waals surface area contributed by atoms with Gasteiger partial charge in [0.2, 0.25) is 0 Å². The van der Waals surface area contributed by atoms with Crippen LogP contribution in [0.2, 0.25) is 0 Å². The summed E-state index contributed by atoms with van der Waals surface area (Å²) in [5.74, 6) is -0.270. The zero-order valence-corrected chi connectivity index (χ0v) is 16.2. The number of esters is 1. The quantitative estimate of drug-likeness (QED) is 0.162. The molecule has 1 atom stereocenters. The standard InChI is InChI=1S/C22H36O2/c1-8-9-10-11-12-13-14-17-22(7,24-21(6)23)20(5)16-15-19(4)18(2)3/h13-14H,2,4-5,8-12,15-17H2,1,3,6-7H3. The van der Waals surface area contributed by atoms with Gasteiger partial charge in [-0.15, -0.1) is 0 Å². The van der Waals surface area contributed by atoms with Gasteiger partial charge in [0.1, 0.15) is 5.60 Å². The van der Waals surface area contributed by atoms with Crippen molar-refractivity contribution in [2.45, 2.75) is 84.7 Å². The molecule has 0 spiro atoms. The third-order valence-electron chi connectivity index (χ3n) is 4.35. The monoisotopic (exact) mass is 332 g/mol. The van der Waals surface area contributed by atoms with E-state index in [1.165, 1.54) is 32.6 Å². The van der Waals surface area contributed by atoms with Gasteiger partial charge < -0.3 is 4.74 Å². The fraction of sp³-hybridized carbons (Fsp3) is 0.591. The van der Waals surface area contributed by atoms with E-state index < -0.39 is 5.60 Å². The molecule has 0 saturated carbocycles. The lowest BCUT2D eigenvalue weighted by Crippen LogP contribution is -2.32. The second kappa shape index (κ2) is 11.9. The van der Waals surface area contributed by atoms with Crippen LogP contribution < -0.4 is 0 Å². The van der Waals surface area contributed by atoms with Gasteiger partial charge in [0.05, 0.1) is 0 Å². The van der Waals surface area contributed by atoms with Crippen molar-refractivity contribution < 1.29 is 9.53 Å². The molecule has 0 aliphatic heterocycles. The highest BCUT2D eigenvalue weighted by molar-refractivity contribution is 5.67. The fourth-order valence-electron chi connectivity index (χ4n) is 2.47. The van der Waals surface area contributed by atoms with Crippen LogP contribution in [0.4, 0.5) is 0 Å². The van der Waals surface area contributed by atoms with Gasteiger partial charge in [0.15, 0.2) is 0 Å². The van der Waals surface area contributed by atoms with E-state index in [0.717, 1.165) is 36.0 Å². The molecule has 0 heterocycles. The van der Waals surface area contributed by atoms with Crippen LogP contribution in [0.1, 0.15) is 79.1 Å². The van der Waals surface area contributed by atoms with Crippen LogP contribution in [0.5, 0.6) is 0 Å². The second-order valence-corrected chi connectivity index (χ2v) is 6.84. The number of allylic oxidation sites excluding steroid dienone is 3. The van der Waals surface area contributed by atoms with Crippen LogP contribution >= 0.6 is 0 Å². The number of hydrogen-bond donors (Lipinski definition) is 0. The van der Waals surface area contributed by atoms with Crippen molar-refractivity contribution in [3.63, 3.8) is 0 Å². The first-order chi connectivity index (χ1) is 11.2. The van der Waals surface area contributed by atoms with Gasteiger partial charge in [-0.1, -0.05) is 69.2 Å². The molecule has 0 rings (SSSR count). The van der Waals surface area contributed by atoms with Gasteiger partial charge in [-0.3, -0.25) is 4.79 Å². The molecule has 0 bridgehead atoms. The lowest BCUT2D eigenvalue weighted by molar-refractivity contribution is -0.151. The van der Waals surface area contributed by atoms with E-state index in [2.05, 4.69) is 38.8 Å². The third kappa shape index (κ3) is 9.54. The summed E-state index contributed by atoms with van der Waals surface area (Å²) in [6.07, 6.45) is 12.6. The molecule has 136 valence electrons. The normalized spacial score (nSPS) is 13.5. The maximum absolute atomic E-state index is 11.5. The lowest BCUT2D eigenvalue weighted by atomic mass is 9.88. The molecule has 0 radical (unpaired) electrons. The van der Waals surface area contributed by atoms with Gasteiger partial charge in [-0.25, -0.2) is 0 Å². The molecule has 0 amide bonds. The van der Waals surface area contributed by atoms with Crippen LogP contribution in [0.15, 0.2) is 48.6 Å². The molecule has 2 heteroatoms. The zero-order chi connectivity index (χ0) is 18.6. The van der Waals surface area contributed by atoms with Gasteiger partial charge in [-0.2, -0.15) is 0 Å². The van der Waals surface area contributed by atoms with E-state index in [9.17, 15) is 4.79 Å². The smallest absolute Gasteiger partial charge is 0.303 e. The zero-order valence-electron chi connectivity index (χ0n) is 16.2. The minimum absolute atomic E-state index is 0.270. The Labute approximate surface area is 149 Å². The van der Waals surface area contributed by atoms with Gasteiger partial charge in [0.25, 0.3) is 0 Å². The van der Waals surface area contributed by atoms with Crippen LogP contribution in [-0.2, 0) is 9.53 Å². The molecule has 0 saturated heterocycles. The van der Waals surface area contributed by atoms with E-state index in [1.807, 2.05) is 13.8 Å². The topological polar surface area (TPSA) is 26.3 Å². The fourth-order valence-corrected chi connectivity index (χ4v) is 2.47. The number of hydrogen-bond acceptors (Lipinski definition) is 2. The predicted molar refractivity (Wildman–Crippen MR) is 105 cm³/mol. The van der Waals surface area contributed by atoms with Crippen LogP contribution in [0, 0.1) is 0 Å². The van der Waals surface area contributed by atoms with Gasteiger partial charge >= 0.3 is 5.97 Å². The summed E-state index contributed by atoms with van der Waals surface area (Å²) < 4.78 is 5.60. The summed E-state index contributed by atoms with van der Waals surface area (Å²) in [7, 11) is 0. The molecule has 0 fully saturated rings. The Bertz CT molecular complexity index is 470. The molecule has 0 aromatic heterocycles. The average molecular weight is 333 g/mol. The molecule has 24 heavy (non-hydrogen) atoms. The summed E-state index contributed by atoms with van der Waals surface area (Å²) in [4.78, 5) is 11.5. The van der Waals surface area contributed by atoms with Crippen molar-refractivity contribution in [1.29, 1.82) is 0 Å². The summed E-state index contributed by atoms with van der Waals surface area (Å²) >= 11 is 0. The second-order valence-electron chi connectivity index (χ2n) is 6.84. The highest BCUT2D eigenvalue weighted by Gasteiger charge is 2.29. The summed E-state index contributed by atoms with van der Waals surface area (Å²) in [5, 5.41) is 0. The Hall–Kier alpha value is -1.57. The Morgan fingerprint density at radius 1 is 1.04 bits per heavy atom. The summed E-state index contributed by atoms with van der Waals surface area (Å²) in [5.41, 5.74) is 2.29. The van der Waals surface area contributed by atoms with Gasteiger partial charge in [-0.05, 0) is 45.1 Å². The molecule has 0 aliphatic rings. The summed E-state index contributed by atoms with van der Waals surface area (Å²) in [6.45, 7) is 19.7. The Balaban J connectivity index is 4.61. The highest BCUT2D eigenvalue weighted by Crippen LogP contribution is 2.30. The number of unbranched alkanes of at least 4 members (excludes halogenated alkanes) is 4. The van der Waals surface area contributed by atoms with Crippen LogP contribution in [-0.4, -0.2) is 11.6 Å². The molecule has 0 aromatic carbocycles. The van der Waals surface area contributed by atoms with Crippen molar-refractivity contribution >= 4 is 5.97 Å². The van der Waals surface area contributed by atoms with Gasteiger partial charge in [0, 0.05) is 13.3 Å². The highest BCUT2D eigenvalue weighted by atomic mass is 16.6. The van der Waals surface area contributed by atoms with E-state index in [-0.39, 0.29) is 5.97 Å². The first-order valence-corrected chi connectivity index (χ1v) is 9.09. The maximum atomic E-state index is 11.5. The van der Waals surface area contributed by atoms with Crippen LogP contribution in [0.25, 0.3) is 0 Å². The Kier molecular flexibility index (Phi) is 11.1. The predicted octanol–water partition coefficient (Wildman–Crippen LogP) is 6.69. The Morgan fingerprint density at radius 3 is 2.25 bits per heavy atom. The van der Waals surface area contributed by atoms with Crippen molar-refractivity contribution in [2.24, 2.45) is 0 Å². The van der Waals surface area contributed by atoms with Crippen molar-refractivity contribution in [3.05, 3.63) is 48.6 Å².